The van der Waals surface area contributed by atoms with Gasteiger partial charge in [-0.15, -0.1) is 0 Å². The molecule has 1 aromatic carbocycles. The van der Waals surface area contributed by atoms with Gasteiger partial charge in [-0.3, -0.25) is 0 Å². The third-order valence-electron chi connectivity index (χ3n) is 3.01. The van der Waals surface area contributed by atoms with Gasteiger partial charge in [0.05, 0.1) is 24.3 Å². The van der Waals surface area contributed by atoms with Gasteiger partial charge < -0.3 is 19.9 Å². The van der Waals surface area contributed by atoms with E-state index < -0.39 is 5.60 Å². The Kier molecular flexibility index (Phi) is 7.29. The van der Waals surface area contributed by atoms with E-state index >= 15 is 0 Å². The monoisotopic (exact) mass is 315 g/mol. The maximum absolute atomic E-state index is 9.70. The molecular formula is C16H26ClNO3. The van der Waals surface area contributed by atoms with Crippen LogP contribution in [0.4, 0.5) is 0 Å². The van der Waals surface area contributed by atoms with Crippen molar-refractivity contribution in [1.82, 2.24) is 5.32 Å². The zero-order valence-corrected chi connectivity index (χ0v) is 14.1. The Morgan fingerprint density at radius 3 is 2.62 bits per heavy atom. The van der Waals surface area contributed by atoms with E-state index in [0.717, 1.165) is 25.1 Å². The summed E-state index contributed by atoms with van der Waals surface area (Å²) in [6.45, 7) is 7.71. The number of ether oxygens (including phenoxy) is 2. The van der Waals surface area contributed by atoms with E-state index in [2.05, 4.69) is 12.2 Å². The van der Waals surface area contributed by atoms with Crippen LogP contribution in [0.2, 0.25) is 5.02 Å². The summed E-state index contributed by atoms with van der Waals surface area (Å²) in [6, 6.07) is 3.81. The van der Waals surface area contributed by atoms with Crippen LogP contribution in [0.3, 0.4) is 0 Å². The van der Waals surface area contributed by atoms with Crippen molar-refractivity contribution in [1.29, 1.82) is 0 Å². The summed E-state index contributed by atoms with van der Waals surface area (Å²) in [5.41, 5.74) is 0.295. The van der Waals surface area contributed by atoms with Gasteiger partial charge in [0.2, 0.25) is 0 Å². The van der Waals surface area contributed by atoms with E-state index in [1.165, 1.54) is 0 Å². The fourth-order valence-corrected chi connectivity index (χ4v) is 2.12. The number of methoxy groups -OCH3 is 1. The van der Waals surface area contributed by atoms with Crippen molar-refractivity contribution in [3.63, 3.8) is 0 Å². The standard InChI is InChI=1S/C16H26ClNO3/c1-5-7-18-11-12-9-13(17)15(14(10-12)20-4)21-8-6-16(2,3)19/h9-10,18-19H,5-8,11H2,1-4H3. The molecule has 5 heteroatoms. The first kappa shape index (κ1) is 18.1. The zero-order valence-electron chi connectivity index (χ0n) is 13.3. The van der Waals surface area contributed by atoms with Crippen molar-refractivity contribution in [2.24, 2.45) is 0 Å². The molecule has 1 aromatic rings. The van der Waals surface area contributed by atoms with Crippen molar-refractivity contribution in [3.8, 4) is 11.5 Å². The lowest BCUT2D eigenvalue weighted by atomic mass is 10.1. The average molecular weight is 316 g/mol. The Morgan fingerprint density at radius 2 is 2.05 bits per heavy atom. The summed E-state index contributed by atoms with van der Waals surface area (Å²) in [7, 11) is 1.59. The molecule has 0 saturated carbocycles. The predicted octanol–water partition coefficient (Wildman–Crippen LogP) is 3.39. The van der Waals surface area contributed by atoms with Crippen molar-refractivity contribution in [3.05, 3.63) is 22.7 Å². The first-order valence-corrected chi connectivity index (χ1v) is 7.67. The van der Waals surface area contributed by atoms with E-state index in [1.54, 1.807) is 21.0 Å². The van der Waals surface area contributed by atoms with Crippen molar-refractivity contribution in [2.45, 2.75) is 45.8 Å². The van der Waals surface area contributed by atoms with E-state index in [1.807, 2.05) is 12.1 Å². The van der Waals surface area contributed by atoms with Crippen molar-refractivity contribution in [2.75, 3.05) is 20.3 Å². The molecule has 0 unspecified atom stereocenters. The van der Waals surface area contributed by atoms with Gasteiger partial charge in [0.25, 0.3) is 0 Å². The minimum Gasteiger partial charge on any atom is -0.493 e. The van der Waals surface area contributed by atoms with E-state index in [4.69, 9.17) is 21.1 Å². The van der Waals surface area contributed by atoms with Gasteiger partial charge in [0, 0.05) is 13.0 Å². The highest BCUT2D eigenvalue weighted by molar-refractivity contribution is 6.32. The smallest absolute Gasteiger partial charge is 0.179 e. The summed E-state index contributed by atoms with van der Waals surface area (Å²) in [6.07, 6.45) is 1.61. The van der Waals surface area contributed by atoms with Crippen LogP contribution in [0, 0.1) is 0 Å². The summed E-state index contributed by atoms with van der Waals surface area (Å²) in [5, 5.41) is 13.6. The molecule has 0 spiro atoms. The van der Waals surface area contributed by atoms with Crippen LogP contribution >= 0.6 is 11.6 Å². The first-order valence-electron chi connectivity index (χ1n) is 7.29. The Morgan fingerprint density at radius 1 is 1.33 bits per heavy atom. The highest BCUT2D eigenvalue weighted by Crippen LogP contribution is 2.36. The van der Waals surface area contributed by atoms with Gasteiger partial charge in [0.15, 0.2) is 11.5 Å². The predicted molar refractivity (Wildman–Crippen MR) is 86.4 cm³/mol. The molecule has 1 rings (SSSR count). The van der Waals surface area contributed by atoms with Crippen molar-refractivity contribution >= 4 is 11.6 Å². The second kappa shape index (κ2) is 8.47. The molecule has 0 fully saturated rings. The Hall–Kier alpha value is -0.970. The van der Waals surface area contributed by atoms with Crippen LogP contribution < -0.4 is 14.8 Å². The molecule has 0 radical (unpaired) electrons. The lowest BCUT2D eigenvalue weighted by Gasteiger charge is -2.19. The molecule has 0 aliphatic rings. The molecule has 0 aliphatic carbocycles. The SMILES string of the molecule is CCCNCc1cc(Cl)c(OCCC(C)(C)O)c(OC)c1. The zero-order chi connectivity index (χ0) is 15.9. The van der Waals surface area contributed by atoms with Gasteiger partial charge >= 0.3 is 0 Å². The largest absolute Gasteiger partial charge is 0.493 e. The number of hydrogen-bond acceptors (Lipinski definition) is 4. The second-order valence-electron chi connectivity index (χ2n) is 5.70. The number of hydrogen-bond donors (Lipinski definition) is 2. The minimum absolute atomic E-state index is 0.382. The molecule has 21 heavy (non-hydrogen) atoms. The normalized spacial score (nSPS) is 11.5. The molecule has 0 bridgehead atoms. The van der Waals surface area contributed by atoms with Gasteiger partial charge in [-0.05, 0) is 44.5 Å². The molecule has 0 heterocycles. The van der Waals surface area contributed by atoms with Crippen LogP contribution in [0.25, 0.3) is 0 Å². The molecule has 120 valence electrons. The highest BCUT2D eigenvalue weighted by atomic mass is 35.5. The minimum atomic E-state index is -0.760. The number of benzene rings is 1. The van der Waals surface area contributed by atoms with Gasteiger partial charge in [-0.1, -0.05) is 18.5 Å². The average Bonchev–Trinajstić information content (AvgIpc) is 2.39. The molecule has 0 aromatic heterocycles. The fraction of sp³-hybridized carbons (Fsp3) is 0.625. The summed E-state index contributed by atoms with van der Waals surface area (Å²) in [5.74, 6) is 1.15. The lowest BCUT2D eigenvalue weighted by molar-refractivity contribution is 0.0549. The lowest BCUT2D eigenvalue weighted by Crippen LogP contribution is -2.22. The molecule has 0 amide bonds. The number of aliphatic hydroxyl groups is 1. The van der Waals surface area contributed by atoms with Crippen LogP contribution in [0.1, 0.15) is 39.2 Å². The Bertz CT molecular complexity index is 444. The molecule has 0 saturated heterocycles. The Labute approximate surface area is 132 Å². The van der Waals surface area contributed by atoms with Gasteiger partial charge in [-0.25, -0.2) is 0 Å². The fourth-order valence-electron chi connectivity index (χ4n) is 1.83. The van der Waals surface area contributed by atoms with Gasteiger partial charge in [0.1, 0.15) is 0 Å². The van der Waals surface area contributed by atoms with Gasteiger partial charge in [-0.2, -0.15) is 0 Å². The summed E-state index contributed by atoms with van der Waals surface area (Å²) >= 11 is 6.28. The quantitative estimate of drug-likeness (QED) is 0.686. The molecular weight excluding hydrogens is 290 g/mol. The van der Waals surface area contributed by atoms with Crippen LogP contribution in [-0.4, -0.2) is 31.0 Å². The van der Waals surface area contributed by atoms with Crippen LogP contribution in [0.15, 0.2) is 12.1 Å². The maximum atomic E-state index is 9.70. The number of nitrogens with one attached hydrogen (secondary N) is 1. The Balaban J connectivity index is 2.75. The summed E-state index contributed by atoms with van der Waals surface area (Å²) < 4.78 is 11.0. The highest BCUT2D eigenvalue weighted by Gasteiger charge is 2.16. The topological polar surface area (TPSA) is 50.7 Å². The number of rotatable bonds is 9. The van der Waals surface area contributed by atoms with E-state index in [-0.39, 0.29) is 0 Å². The third kappa shape index (κ3) is 6.55. The van der Waals surface area contributed by atoms with Crippen molar-refractivity contribution < 1.29 is 14.6 Å². The summed E-state index contributed by atoms with van der Waals surface area (Å²) in [4.78, 5) is 0. The van der Waals surface area contributed by atoms with Crippen LogP contribution in [-0.2, 0) is 6.54 Å². The molecule has 0 aliphatic heterocycles. The molecule has 0 atom stereocenters. The number of halogens is 1. The van der Waals surface area contributed by atoms with Crippen LogP contribution in [0.5, 0.6) is 11.5 Å². The second-order valence-corrected chi connectivity index (χ2v) is 6.10. The van der Waals surface area contributed by atoms with E-state index in [0.29, 0.717) is 29.5 Å². The first-order chi connectivity index (χ1) is 9.87. The maximum Gasteiger partial charge on any atom is 0.179 e. The molecule has 2 N–H and O–H groups in total. The molecule has 4 nitrogen and oxygen atoms in total. The third-order valence-corrected chi connectivity index (χ3v) is 3.29. The van der Waals surface area contributed by atoms with E-state index in [9.17, 15) is 5.11 Å².